The van der Waals surface area contributed by atoms with E-state index in [1.54, 1.807) is 23.9 Å². The van der Waals surface area contributed by atoms with Gasteiger partial charge in [0.25, 0.3) is 5.91 Å². The maximum Gasteiger partial charge on any atom is 0.254 e. The Balaban J connectivity index is 0.000000133. The Kier molecular flexibility index (Phi) is 3.69. The maximum atomic E-state index is 11.3. The summed E-state index contributed by atoms with van der Waals surface area (Å²) < 4.78 is 10.1. The second-order valence-corrected chi connectivity index (χ2v) is 5.72. The molecule has 0 spiro atoms. The van der Waals surface area contributed by atoms with Gasteiger partial charge in [-0.25, -0.2) is 0 Å². The molecule has 1 N–H and O–H groups in total. The van der Waals surface area contributed by atoms with E-state index >= 15 is 0 Å². The minimum atomic E-state index is -0.913. The highest BCUT2D eigenvalue weighted by atomic mass is 16.5. The number of amides is 2. The Morgan fingerprint density at radius 2 is 1.68 bits per heavy atom. The highest BCUT2D eigenvalue weighted by molar-refractivity contribution is 5.86. The van der Waals surface area contributed by atoms with Crippen molar-refractivity contribution in [3.63, 3.8) is 0 Å². The van der Waals surface area contributed by atoms with Crippen LogP contribution in [0.25, 0.3) is 10.4 Å². The third kappa shape index (κ3) is 2.03. The molecule has 2 amide bonds. The molecule has 4 fully saturated rings. The molecule has 4 rings (SSSR count). The smallest absolute Gasteiger partial charge is 0.254 e. The molecule has 0 aromatic rings. The lowest BCUT2D eigenvalue weighted by molar-refractivity contribution is -0.135. The third-order valence-electron chi connectivity index (χ3n) is 4.67. The zero-order chi connectivity index (χ0) is 16.0. The summed E-state index contributed by atoms with van der Waals surface area (Å²) in [6, 6.07) is -0.394. The van der Waals surface area contributed by atoms with E-state index in [1.807, 2.05) is 0 Å². The summed E-state index contributed by atoms with van der Waals surface area (Å²) in [5, 5.41) is 12.5. The Morgan fingerprint density at radius 3 is 2.00 bits per heavy atom. The van der Waals surface area contributed by atoms with Gasteiger partial charge in [-0.05, 0) is 5.53 Å². The summed E-state index contributed by atoms with van der Waals surface area (Å²) in [7, 11) is 3.40. The molecule has 4 heterocycles. The number of likely N-dealkylation sites (tertiary alicyclic amines) is 2. The summed E-state index contributed by atoms with van der Waals surface area (Å²) in [6.07, 6.45) is -1.38. The highest BCUT2D eigenvalue weighted by Crippen LogP contribution is 2.31. The molecule has 0 aliphatic carbocycles. The van der Waals surface area contributed by atoms with Crippen molar-refractivity contribution in [3.05, 3.63) is 10.4 Å². The van der Waals surface area contributed by atoms with Gasteiger partial charge in [0.05, 0.1) is 31.4 Å². The molecule has 0 radical (unpaired) electrons. The Hall–Kier alpha value is -1.87. The number of ether oxygens (including phenoxy) is 2. The van der Waals surface area contributed by atoms with E-state index in [4.69, 9.17) is 20.1 Å². The van der Waals surface area contributed by atoms with E-state index in [0.29, 0.717) is 13.2 Å². The molecule has 6 atom stereocenters. The van der Waals surface area contributed by atoms with Crippen molar-refractivity contribution in [2.24, 2.45) is 5.11 Å². The number of azide groups is 1. The van der Waals surface area contributed by atoms with Crippen LogP contribution in [0.4, 0.5) is 0 Å². The maximum absolute atomic E-state index is 11.3. The molecule has 0 bridgehead atoms. The average Bonchev–Trinajstić information content (AvgIpc) is 2.65. The molecule has 22 heavy (non-hydrogen) atoms. The summed E-state index contributed by atoms with van der Waals surface area (Å²) in [4.78, 5) is 28.1. The molecule has 10 heteroatoms. The number of fused-ring (bicyclic) bond motifs is 2. The third-order valence-corrected chi connectivity index (χ3v) is 4.67. The van der Waals surface area contributed by atoms with Crippen LogP contribution >= 0.6 is 0 Å². The van der Waals surface area contributed by atoms with Crippen molar-refractivity contribution in [3.8, 4) is 0 Å². The van der Waals surface area contributed by atoms with Gasteiger partial charge in [0.15, 0.2) is 6.10 Å². The van der Waals surface area contributed by atoms with Gasteiger partial charge in [-0.2, -0.15) is 0 Å². The highest BCUT2D eigenvalue weighted by Gasteiger charge is 2.53. The fraction of sp³-hybridized carbons (Fsp3) is 0.833. The van der Waals surface area contributed by atoms with Crippen molar-refractivity contribution in [1.82, 2.24) is 9.80 Å². The first kappa shape index (κ1) is 15.0. The molecule has 10 nitrogen and oxygen atoms in total. The van der Waals surface area contributed by atoms with Crippen LogP contribution in [-0.4, -0.2) is 90.5 Å². The normalized spacial score (nSPS) is 41.6. The number of hydrogen-bond acceptors (Lipinski definition) is 6. The van der Waals surface area contributed by atoms with Gasteiger partial charge in [0.2, 0.25) is 5.91 Å². The van der Waals surface area contributed by atoms with Crippen molar-refractivity contribution in [1.29, 1.82) is 0 Å². The van der Waals surface area contributed by atoms with Crippen LogP contribution in [-0.2, 0) is 19.1 Å². The lowest BCUT2D eigenvalue weighted by Gasteiger charge is -2.34. The topological polar surface area (TPSA) is 128 Å². The van der Waals surface area contributed by atoms with Crippen LogP contribution in [0.5, 0.6) is 0 Å². The van der Waals surface area contributed by atoms with E-state index in [2.05, 4.69) is 10.0 Å². The first-order valence-corrected chi connectivity index (χ1v) is 6.96. The van der Waals surface area contributed by atoms with Gasteiger partial charge < -0.3 is 24.4 Å². The lowest BCUT2D eigenvalue weighted by Crippen LogP contribution is -2.50. The van der Waals surface area contributed by atoms with Gasteiger partial charge in [0, 0.05) is 19.0 Å². The van der Waals surface area contributed by atoms with E-state index in [0.717, 1.165) is 0 Å². The number of nitrogens with zero attached hydrogens (tertiary/aromatic N) is 5. The Morgan fingerprint density at radius 1 is 1.14 bits per heavy atom. The molecule has 4 aliphatic rings. The minimum absolute atomic E-state index is 0.119. The zero-order valence-electron chi connectivity index (χ0n) is 12.2. The molecule has 4 saturated heterocycles. The van der Waals surface area contributed by atoms with Gasteiger partial charge in [-0.15, -0.1) is 0 Å². The SMILES string of the molecule is CN1C(=O)C(N=[N+]=[N-])C2OC[C@@H]21.CN1C(=O)[C@@H](O)[C@@H]2OC[C@@H]21. The van der Waals surface area contributed by atoms with Crippen LogP contribution in [0.2, 0.25) is 0 Å². The number of hydrogen-bond donors (Lipinski definition) is 1. The van der Waals surface area contributed by atoms with Crippen LogP contribution in [0, 0.1) is 0 Å². The van der Waals surface area contributed by atoms with Gasteiger partial charge in [-0.1, -0.05) is 5.11 Å². The Bertz CT molecular complexity index is 532. The molecule has 120 valence electrons. The second-order valence-electron chi connectivity index (χ2n) is 5.72. The van der Waals surface area contributed by atoms with Gasteiger partial charge in [-0.3, -0.25) is 9.59 Å². The first-order valence-electron chi connectivity index (χ1n) is 6.96. The van der Waals surface area contributed by atoms with Crippen molar-refractivity contribution in [2.45, 2.75) is 36.4 Å². The molecule has 4 aliphatic heterocycles. The monoisotopic (exact) mass is 311 g/mol. The van der Waals surface area contributed by atoms with Gasteiger partial charge >= 0.3 is 0 Å². The largest absolute Gasteiger partial charge is 0.380 e. The van der Waals surface area contributed by atoms with E-state index in [1.165, 1.54) is 0 Å². The van der Waals surface area contributed by atoms with E-state index in [9.17, 15) is 9.59 Å². The number of carbonyl (C=O) groups is 2. The van der Waals surface area contributed by atoms with Crippen LogP contribution < -0.4 is 0 Å². The molecule has 2 unspecified atom stereocenters. The molecule has 0 aromatic carbocycles. The van der Waals surface area contributed by atoms with Crippen LogP contribution in [0.15, 0.2) is 5.11 Å². The molecule has 0 aromatic heterocycles. The predicted octanol–water partition coefficient (Wildman–Crippen LogP) is -1.51. The lowest BCUT2D eigenvalue weighted by atomic mass is 10.1. The molecule has 0 saturated carbocycles. The number of aliphatic hydroxyl groups excluding tert-OH is 1. The Labute approximate surface area is 126 Å². The standard InChI is InChI=1S/C6H8N4O2.C6H9NO3/c1-10-3-2-12-5(3)4(6(10)11)8-9-7;1-7-3-2-10-5(3)4(8)6(7)9/h3-5H,2H2,1H3;3-5,8H,2H2,1H3/t3-,4?,5?;3-,4-,5+/m00/s1. The van der Waals surface area contributed by atoms with Crippen molar-refractivity contribution in [2.75, 3.05) is 27.3 Å². The summed E-state index contributed by atoms with van der Waals surface area (Å²) >= 11 is 0. The summed E-state index contributed by atoms with van der Waals surface area (Å²) in [5.41, 5.74) is 8.19. The first-order chi connectivity index (χ1) is 10.5. The number of likely N-dealkylation sites (N-methyl/N-ethyl adjacent to an activating group) is 2. The number of carbonyl (C=O) groups excluding carboxylic acids is 2. The zero-order valence-corrected chi connectivity index (χ0v) is 12.2. The molecular formula is C12H17N5O5. The number of rotatable bonds is 1. The minimum Gasteiger partial charge on any atom is -0.380 e. The second kappa shape index (κ2) is 5.40. The van der Waals surface area contributed by atoms with Crippen molar-refractivity contribution >= 4 is 11.8 Å². The van der Waals surface area contributed by atoms with Crippen molar-refractivity contribution < 1.29 is 24.2 Å². The summed E-state index contributed by atoms with van der Waals surface area (Å²) in [5.74, 6) is -0.354. The van der Waals surface area contributed by atoms with Gasteiger partial charge in [0.1, 0.15) is 12.1 Å². The van der Waals surface area contributed by atoms with Crippen LogP contribution in [0.1, 0.15) is 0 Å². The predicted molar refractivity (Wildman–Crippen MR) is 71.5 cm³/mol. The molecular weight excluding hydrogens is 294 g/mol. The van der Waals surface area contributed by atoms with E-state index in [-0.39, 0.29) is 36.1 Å². The average molecular weight is 311 g/mol. The van der Waals surface area contributed by atoms with Crippen LogP contribution in [0.3, 0.4) is 0 Å². The fourth-order valence-corrected chi connectivity index (χ4v) is 3.05. The fourth-order valence-electron chi connectivity index (χ4n) is 3.05. The van der Waals surface area contributed by atoms with E-state index < -0.39 is 12.1 Å². The summed E-state index contributed by atoms with van der Waals surface area (Å²) in [6.45, 7) is 1.13. The quantitative estimate of drug-likeness (QED) is 0.358. The number of aliphatic hydroxyl groups is 1.